The van der Waals surface area contributed by atoms with Crippen LogP contribution in [0.1, 0.15) is 26.3 Å². The molecule has 6 nitrogen and oxygen atoms in total. The SMILES string of the molecule is CCN(C(=O)C(C)(C)Oc1ccc(C[C@H](OC)C(=O)O)cc1)c1ccccc1F. The van der Waals surface area contributed by atoms with Crippen molar-refractivity contribution in [2.75, 3.05) is 18.6 Å². The van der Waals surface area contributed by atoms with E-state index in [-0.39, 0.29) is 18.0 Å². The fourth-order valence-corrected chi connectivity index (χ4v) is 2.94. The maximum absolute atomic E-state index is 14.2. The van der Waals surface area contributed by atoms with Gasteiger partial charge in [0, 0.05) is 20.1 Å². The van der Waals surface area contributed by atoms with Crippen molar-refractivity contribution in [3.8, 4) is 5.75 Å². The minimum atomic E-state index is -1.24. The summed E-state index contributed by atoms with van der Waals surface area (Å²) in [6, 6.07) is 12.9. The lowest BCUT2D eigenvalue weighted by molar-refractivity contribution is -0.148. The first kappa shape index (κ1) is 22.4. The number of nitrogens with zero attached hydrogens (tertiary/aromatic N) is 1. The fourth-order valence-electron chi connectivity index (χ4n) is 2.94. The molecule has 0 spiro atoms. The smallest absolute Gasteiger partial charge is 0.333 e. The lowest BCUT2D eigenvalue weighted by Crippen LogP contribution is -2.49. The Kier molecular flexibility index (Phi) is 7.34. The number of rotatable bonds is 9. The van der Waals surface area contributed by atoms with Gasteiger partial charge in [-0.15, -0.1) is 0 Å². The second-order valence-electron chi connectivity index (χ2n) is 7.02. The topological polar surface area (TPSA) is 76.1 Å². The van der Waals surface area contributed by atoms with E-state index in [1.54, 1.807) is 63.2 Å². The molecule has 0 saturated heterocycles. The number of anilines is 1. The van der Waals surface area contributed by atoms with Gasteiger partial charge in [-0.2, -0.15) is 0 Å². The minimum Gasteiger partial charge on any atom is -0.479 e. The van der Waals surface area contributed by atoms with Crippen molar-refractivity contribution in [1.82, 2.24) is 0 Å². The molecule has 0 aliphatic heterocycles. The second-order valence-corrected chi connectivity index (χ2v) is 7.02. The molecule has 1 atom stereocenters. The number of halogens is 1. The number of hydrogen-bond donors (Lipinski definition) is 1. The summed E-state index contributed by atoms with van der Waals surface area (Å²) in [4.78, 5) is 25.5. The van der Waals surface area contributed by atoms with Crippen LogP contribution in [0.3, 0.4) is 0 Å². The van der Waals surface area contributed by atoms with Gasteiger partial charge < -0.3 is 19.5 Å². The van der Waals surface area contributed by atoms with Gasteiger partial charge in [0.15, 0.2) is 11.7 Å². The molecule has 1 N–H and O–H groups in total. The first-order chi connectivity index (χ1) is 13.7. The number of ether oxygens (including phenoxy) is 2. The number of benzene rings is 2. The third-order valence-corrected chi connectivity index (χ3v) is 4.50. The zero-order valence-corrected chi connectivity index (χ0v) is 17.0. The summed E-state index contributed by atoms with van der Waals surface area (Å²) in [6.45, 7) is 5.30. The van der Waals surface area contributed by atoms with Crippen molar-refractivity contribution >= 4 is 17.6 Å². The van der Waals surface area contributed by atoms with Crippen LogP contribution in [0.15, 0.2) is 48.5 Å². The van der Waals surface area contributed by atoms with Gasteiger partial charge in [-0.3, -0.25) is 4.79 Å². The molecule has 0 bridgehead atoms. The second kappa shape index (κ2) is 9.52. The maximum atomic E-state index is 14.2. The molecule has 2 aromatic rings. The van der Waals surface area contributed by atoms with Crippen LogP contribution in [0, 0.1) is 5.82 Å². The Morgan fingerprint density at radius 1 is 1.14 bits per heavy atom. The van der Waals surface area contributed by atoms with Gasteiger partial charge in [0.25, 0.3) is 5.91 Å². The number of amides is 1. The van der Waals surface area contributed by atoms with E-state index in [0.29, 0.717) is 12.3 Å². The predicted octanol–water partition coefficient (Wildman–Crippen LogP) is 3.68. The van der Waals surface area contributed by atoms with Gasteiger partial charge in [-0.25, -0.2) is 9.18 Å². The zero-order valence-electron chi connectivity index (χ0n) is 17.0. The highest BCUT2D eigenvalue weighted by Crippen LogP contribution is 2.26. The molecule has 0 saturated carbocycles. The lowest BCUT2D eigenvalue weighted by Gasteiger charge is -2.32. The van der Waals surface area contributed by atoms with Gasteiger partial charge in [-0.05, 0) is 50.6 Å². The molecule has 0 unspecified atom stereocenters. The molecular weight excluding hydrogens is 377 g/mol. The highest BCUT2D eigenvalue weighted by Gasteiger charge is 2.35. The molecule has 0 aromatic heterocycles. The quantitative estimate of drug-likeness (QED) is 0.691. The molecule has 0 aliphatic rings. The van der Waals surface area contributed by atoms with Crippen molar-refractivity contribution in [3.63, 3.8) is 0 Å². The Balaban J connectivity index is 2.14. The van der Waals surface area contributed by atoms with Gasteiger partial charge in [-0.1, -0.05) is 24.3 Å². The van der Waals surface area contributed by atoms with E-state index < -0.39 is 23.5 Å². The number of carboxylic acid groups (broad SMARTS) is 1. The molecule has 2 aromatic carbocycles. The van der Waals surface area contributed by atoms with Crippen LogP contribution in [0.25, 0.3) is 0 Å². The number of hydrogen-bond acceptors (Lipinski definition) is 4. The number of para-hydroxylation sites is 1. The standard InChI is InChI=1S/C22H26FNO5/c1-5-24(18-9-7-6-8-17(18)23)21(27)22(2,3)29-16-12-10-15(11-13-16)14-19(28-4)20(25)26/h6-13,19H,5,14H2,1-4H3,(H,25,26)/t19-/m0/s1. The third-order valence-electron chi connectivity index (χ3n) is 4.50. The number of methoxy groups -OCH3 is 1. The first-order valence-electron chi connectivity index (χ1n) is 9.29. The molecule has 0 aliphatic carbocycles. The fraction of sp³-hybridized carbons (Fsp3) is 0.364. The number of carbonyl (C=O) groups is 2. The van der Waals surface area contributed by atoms with Crippen LogP contribution >= 0.6 is 0 Å². The molecule has 0 radical (unpaired) electrons. The summed E-state index contributed by atoms with van der Waals surface area (Å²) in [7, 11) is 1.35. The van der Waals surface area contributed by atoms with E-state index in [4.69, 9.17) is 14.6 Å². The Bertz CT molecular complexity index is 851. The van der Waals surface area contributed by atoms with Crippen LogP contribution in [0.2, 0.25) is 0 Å². The average molecular weight is 403 g/mol. The summed E-state index contributed by atoms with van der Waals surface area (Å²) >= 11 is 0. The average Bonchev–Trinajstić information content (AvgIpc) is 2.68. The molecule has 0 fully saturated rings. The summed E-state index contributed by atoms with van der Waals surface area (Å²) < 4.78 is 25.0. The first-order valence-corrected chi connectivity index (χ1v) is 9.29. The molecule has 0 heterocycles. The van der Waals surface area contributed by atoms with Crippen LogP contribution in [-0.4, -0.2) is 42.3 Å². The van der Waals surface area contributed by atoms with Crippen molar-refractivity contribution in [3.05, 3.63) is 59.9 Å². The van der Waals surface area contributed by atoms with E-state index in [0.717, 1.165) is 5.56 Å². The van der Waals surface area contributed by atoms with Gasteiger partial charge >= 0.3 is 5.97 Å². The van der Waals surface area contributed by atoms with E-state index >= 15 is 0 Å². The van der Waals surface area contributed by atoms with Crippen molar-refractivity contribution in [2.45, 2.75) is 38.9 Å². The van der Waals surface area contributed by atoms with Crippen molar-refractivity contribution in [1.29, 1.82) is 0 Å². The maximum Gasteiger partial charge on any atom is 0.333 e. The Hall–Kier alpha value is -2.93. The van der Waals surface area contributed by atoms with Crippen LogP contribution in [0.4, 0.5) is 10.1 Å². The molecule has 156 valence electrons. The molecule has 2 rings (SSSR count). The number of carbonyl (C=O) groups excluding carboxylic acids is 1. The third kappa shape index (κ3) is 5.54. The zero-order chi connectivity index (χ0) is 21.6. The Labute approximate surface area is 169 Å². The van der Waals surface area contributed by atoms with Gasteiger partial charge in [0.05, 0.1) is 5.69 Å². The summed E-state index contributed by atoms with van der Waals surface area (Å²) in [5.74, 6) is -1.44. The minimum absolute atomic E-state index is 0.200. The van der Waals surface area contributed by atoms with Crippen LogP contribution in [0.5, 0.6) is 5.75 Å². The molecule has 1 amide bonds. The molecule has 29 heavy (non-hydrogen) atoms. The van der Waals surface area contributed by atoms with Crippen LogP contribution in [-0.2, 0) is 20.7 Å². The summed E-state index contributed by atoms with van der Waals surface area (Å²) in [6.07, 6.45) is -0.718. The van der Waals surface area contributed by atoms with Gasteiger partial charge in [0.1, 0.15) is 11.6 Å². The number of likely N-dealkylation sites (N-methyl/N-ethyl adjacent to an activating group) is 1. The Morgan fingerprint density at radius 3 is 2.28 bits per heavy atom. The number of aliphatic carboxylic acids is 1. The largest absolute Gasteiger partial charge is 0.479 e. The van der Waals surface area contributed by atoms with E-state index in [1.165, 1.54) is 18.1 Å². The molecule has 7 heteroatoms. The highest BCUT2D eigenvalue weighted by atomic mass is 19.1. The lowest BCUT2D eigenvalue weighted by atomic mass is 10.1. The normalized spacial score (nSPS) is 12.3. The summed E-state index contributed by atoms with van der Waals surface area (Å²) in [5.41, 5.74) is -0.278. The van der Waals surface area contributed by atoms with Crippen molar-refractivity contribution in [2.24, 2.45) is 0 Å². The van der Waals surface area contributed by atoms with E-state index in [1.807, 2.05) is 0 Å². The molecular formula is C22H26FNO5. The van der Waals surface area contributed by atoms with Crippen LogP contribution < -0.4 is 9.64 Å². The van der Waals surface area contributed by atoms with Gasteiger partial charge in [0.2, 0.25) is 0 Å². The number of carboxylic acids is 1. The summed E-state index contributed by atoms with van der Waals surface area (Å²) in [5, 5.41) is 9.07. The Morgan fingerprint density at radius 2 is 1.76 bits per heavy atom. The predicted molar refractivity (Wildman–Crippen MR) is 108 cm³/mol. The van der Waals surface area contributed by atoms with Crippen molar-refractivity contribution < 1.29 is 28.6 Å². The highest BCUT2D eigenvalue weighted by molar-refractivity contribution is 5.99. The monoisotopic (exact) mass is 403 g/mol. The van der Waals surface area contributed by atoms with E-state index in [2.05, 4.69) is 0 Å². The van der Waals surface area contributed by atoms with E-state index in [9.17, 15) is 14.0 Å².